The van der Waals surface area contributed by atoms with Gasteiger partial charge in [0.25, 0.3) is 0 Å². The van der Waals surface area contributed by atoms with Crippen LogP contribution in [-0.2, 0) is 9.53 Å². The maximum absolute atomic E-state index is 12.4. The monoisotopic (exact) mass is 262 g/mol. The van der Waals surface area contributed by atoms with Gasteiger partial charge >= 0.3 is 18.1 Å². The van der Waals surface area contributed by atoms with Crippen molar-refractivity contribution in [3.05, 3.63) is 0 Å². The average molecular weight is 262 g/mol. The fraction of sp³-hybridized carbons (Fsp3) is 0.900. The Morgan fingerprint density at radius 1 is 1.12 bits per heavy atom. The molecule has 0 rings (SSSR count). The van der Waals surface area contributed by atoms with E-state index in [-0.39, 0.29) is 25.9 Å². The Kier molecular flexibility index (Phi) is 6.41. The van der Waals surface area contributed by atoms with E-state index in [1.807, 2.05) is 0 Å². The fourth-order valence-corrected chi connectivity index (χ4v) is 1.05. The van der Waals surface area contributed by atoms with Crippen molar-refractivity contribution in [3.8, 4) is 0 Å². The van der Waals surface area contributed by atoms with Crippen LogP contribution >= 0.6 is 0 Å². The molecule has 0 saturated carbocycles. The number of rotatable bonds is 7. The SMILES string of the molecule is CCCC(=O)OCCCCC(F)(F)C(F)(F)F. The zero-order chi connectivity index (χ0) is 13.5. The van der Waals surface area contributed by atoms with Gasteiger partial charge in [0.2, 0.25) is 0 Å². The molecule has 0 aliphatic carbocycles. The summed E-state index contributed by atoms with van der Waals surface area (Å²) in [5.41, 5.74) is 0. The highest BCUT2D eigenvalue weighted by atomic mass is 19.4. The van der Waals surface area contributed by atoms with Gasteiger partial charge in [-0.3, -0.25) is 4.79 Å². The molecule has 17 heavy (non-hydrogen) atoms. The number of alkyl halides is 5. The lowest BCUT2D eigenvalue weighted by molar-refractivity contribution is -0.284. The normalized spacial score (nSPS) is 12.6. The van der Waals surface area contributed by atoms with Crippen LogP contribution in [0.15, 0.2) is 0 Å². The molecule has 0 heterocycles. The summed E-state index contributed by atoms with van der Waals surface area (Å²) in [6.45, 7) is 1.65. The summed E-state index contributed by atoms with van der Waals surface area (Å²) in [4.78, 5) is 10.8. The third-order valence-corrected chi connectivity index (χ3v) is 2.02. The summed E-state index contributed by atoms with van der Waals surface area (Å²) in [6.07, 6.45) is -6.30. The summed E-state index contributed by atoms with van der Waals surface area (Å²) in [6, 6.07) is 0. The van der Waals surface area contributed by atoms with Gasteiger partial charge in [0.05, 0.1) is 6.61 Å². The van der Waals surface area contributed by atoms with Crippen LogP contribution in [0, 0.1) is 0 Å². The van der Waals surface area contributed by atoms with E-state index in [1.165, 1.54) is 0 Å². The first-order valence-electron chi connectivity index (χ1n) is 5.31. The third kappa shape index (κ3) is 6.43. The van der Waals surface area contributed by atoms with Crippen LogP contribution < -0.4 is 0 Å². The zero-order valence-corrected chi connectivity index (χ0v) is 9.45. The minimum atomic E-state index is -5.51. The molecule has 102 valence electrons. The topological polar surface area (TPSA) is 26.3 Å². The first kappa shape index (κ1) is 16.1. The van der Waals surface area contributed by atoms with E-state index in [0.717, 1.165) is 0 Å². The Morgan fingerprint density at radius 3 is 2.18 bits per heavy atom. The number of esters is 1. The molecule has 0 atom stereocenters. The van der Waals surface area contributed by atoms with E-state index in [1.54, 1.807) is 6.92 Å². The lowest BCUT2D eigenvalue weighted by atomic mass is 10.1. The average Bonchev–Trinajstić information content (AvgIpc) is 2.15. The van der Waals surface area contributed by atoms with Crippen molar-refractivity contribution in [2.75, 3.05) is 6.61 Å². The Bertz CT molecular complexity index is 237. The van der Waals surface area contributed by atoms with Crippen LogP contribution in [0.5, 0.6) is 0 Å². The molecule has 0 N–H and O–H groups in total. The van der Waals surface area contributed by atoms with Gasteiger partial charge < -0.3 is 4.74 Å². The molecule has 0 unspecified atom stereocenters. The zero-order valence-electron chi connectivity index (χ0n) is 9.45. The van der Waals surface area contributed by atoms with Gasteiger partial charge in [-0.2, -0.15) is 22.0 Å². The molecular formula is C10H15F5O2. The number of carbonyl (C=O) groups is 1. The van der Waals surface area contributed by atoms with Crippen LogP contribution in [0.1, 0.15) is 39.0 Å². The van der Waals surface area contributed by atoms with Gasteiger partial charge in [-0.1, -0.05) is 6.92 Å². The van der Waals surface area contributed by atoms with Crippen molar-refractivity contribution < 1.29 is 31.5 Å². The molecule has 0 aromatic heterocycles. The standard InChI is InChI=1S/C10H15F5O2/c1-2-5-8(16)17-7-4-3-6-9(11,12)10(13,14)15/h2-7H2,1H3. The lowest BCUT2D eigenvalue weighted by Crippen LogP contribution is -2.36. The van der Waals surface area contributed by atoms with Crippen LogP contribution in [0.4, 0.5) is 22.0 Å². The number of hydrogen-bond donors (Lipinski definition) is 0. The van der Waals surface area contributed by atoms with Crippen molar-refractivity contribution in [3.63, 3.8) is 0 Å². The Labute approximate surface area is 96.1 Å². The smallest absolute Gasteiger partial charge is 0.453 e. The first-order valence-corrected chi connectivity index (χ1v) is 5.31. The van der Waals surface area contributed by atoms with Gasteiger partial charge in [-0.15, -0.1) is 0 Å². The molecule has 0 aliphatic rings. The van der Waals surface area contributed by atoms with Crippen LogP contribution in [0.25, 0.3) is 0 Å². The highest BCUT2D eigenvalue weighted by Gasteiger charge is 2.56. The number of unbranched alkanes of at least 4 members (excludes halogenated alkanes) is 1. The largest absolute Gasteiger partial charge is 0.466 e. The molecule has 0 radical (unpaired) electrons. The summed E-state index contributed by atoms with van der Waals surface area (Å²) < 4.78 is 64.6. The van der Waals surface area contributed by atoms with Crippen LogP contribution in [0.3, 0.4) is 0 Å². The molecule has 0 aromatic carbocycles. The fourth-order valence-electron chi connectivity index (χ4n) is 1.05. The minimum Gasteiger partial charge on any atom is -0.466 e. The van der Waals surface area contributed by atoms with E-state index >= 15 is 0 Å². The van der Waals surface area contributed by atoms with Crippen LogP contribution in [0.2, 0.25) is 0 Å². The summed E-state index contributed by atoms with van der Waals surface area (Å²) in [5.74, 6) is -5.13. The van der Waals surface area contributed by atoms with Gasteiger partial charge in [0.15, 0.2) is 0 Å². The highest BCUT2D eigenvalue weighted by molar-refractivity contribution is 5.69. The van der Waals surface area contributed by atoms with Gasteiger partial charge in [-0.05, 0) is 19.3 Å². The van der Waals surface area contributed by atoms with Gasteiger partial charge in [0, 0.05) is 12.8 Å². The molecule has 0 bridgehead atoms. The number of carbonyl (C=O) groups excluding carboxylic acids is 1. The summed E-state index contributed by atoms with van der Waals surface area (Å²) in [5, 5.41) is 0. The maximum atomic E-state index is 12.4. The molecule has 0 amide bonds. The molecule has 2 nitrogen and oxygen atoms in total. The van der Waals surface area contributed by atoms with E-state index in [2.05, 4.69) is 4.74 Å². The number of hydrogen-bond acceptors (Lipinski definition) is 2. The van der Waals surface area contributed by atoms with Crippen LogP contribution in [-0.4, -0.2) is 24.7 Å². The molecule has 0 saturated heterocycles. The Balaban J connectivity index is 3.69. The number of ether oxygens (including phenoxy) is 1. The molecule has 0 spiro atoms. The quantitative estimate of drug-likeness (QED) is 0.397. The minimum absolute atomic E-state index is 0.00112. The second kappa shape index (κ2) is 6.76. The van der Waals surface area contributed by atoms with E-state index in [9.17, 15) is 26.7 Å². The molecule has 0 aliphatic heterocycles. The first-order chi connectivity index (χ1) is 7.70. The van der Waals surface area contributed by atoms with Crippen molar-refractivity contribution in [1.82, 2.24) is 0 Å². The summed E-state index contributed by atoms with van der Waals surface area (Å²) in [7, 11) is 0. The lowest BCUT2D eigenvalue weighted by Gasteiger charge is -2.19. The molecule has 7 heteroatoms. The Hall–Kier alpha value is -0.880. The third-order valence-electron chi connectivity index (χ3n) is 2.02. The van der Waals surface area contributed by atoms with Crippen molar-refractivity contribution in [2.45, 2.75) is 51.1 Å². The predicted molar refractivity (Wildman–Crippen MR) is 50.7 cm³/mol. The molecule has 0 fully saturated rings. The van der Waals surface area contributed by atoms with Gasteiger partial charge in [-0.25, -0.2) is 0 Å². The second-order valence-corrected chi connectivity index (χ2v) is 3.63. The molecular weight excluding hydrogens is 247 g/mol. The Morgan fingerprint density at radius 2 is 1.71 bits per heavy atom. The van der Waals surface area contributed by atoms with E-state index < -0.39 is 24.5 Å². The summed E-state index contributed by atoms with van der Waals surface area (Å²) >= 11 is 0. The van der Waals surface area contributed by atoms with E-state index in [4.69, 9.17) is 0 Å². The maximum Gasteiger partial charge on any atom is 0.453 e. The predicted octanol–water partition coefficient (Wildman–Crippen LogP) is 3.70. The van der Waals surface area contributed by atoms with Gasteiger partial charge in [0.1, 0.15) is 0 Å². The highest BCUT2D eigenvalue weighted by Crippen LogP contribution is 2.38. The molecule has 0 aromatic rings. The van der Waals surface area contributed by atoms with Crippen molar-refractivity contribution >= 4 is 5.97 Å². The van der Waals surface area contributed by atoms with E-state index in [0.29, 0.717) is 6.42 Å². The van der Waals surface area contributed by atoms with Crippen molar-refractivity contribution in [1.29, 1.82) is 0 Å². The number of halogens is 5. The van der Waals surface area contributed by atoms with Crippen molar-refractivity contribution in [2.24, 2.45) is 0 Å². The second-order valence-electron chi connectivity index (χ2n) is 3.63.